The summed E-state index contributed by atoms with van der Waals surface area (Å²) < 4.78 is 5.28. The van der Waals surface area contributed by atoms with E-state index < -0.39 is 0 Å². The molecule has 3 rings (SSSR count). The van der Waals surface area contributed by atoms with Gasteiger partial charge in [0.25, 0.3) is 0 Å². The van der Waals surface area contributed by atoms with E-state index in [1.54, 1.807) is 13.3 Å². The molecule has 1 aromatic heterocycles. The zero-order valence-corrected chi connectivity index (χ0v) is 13.4. The van der Waals surface area contributed by atoms with E-state index in [0.717, 1.165) is 41.7 Å². The number of Topliss-reactive ketones (excluding diaryl/α,β-unsaturated/α-hetero) is 1. The average molecular weight is 310 g/mol. The fourth-order valence-electron chi connectivity index (χ4n) is 3.31. The highest BCUT2D eigenvalue weighted by atomic mass is 16.5. The predicted octanol–water partition coefficient (Wildman–Crippen LogP) is 3.23. The highest BCUT2D eigenvalue weighted by Gasteiger charge is 2.25. The molecule has 1 N–H and O–H groups in total. The average Bonchev–Trinajstić information content (AvgIpc) is 2.61. The van der Waals surface area contributed by atoms with E-state index in [4.69, 9.17) is 4.74 Å². The van der Waals surface area contributed by atoms with Crippen LogP contribution in [0.4, 0.5) is 0 Å². The number of carbonyl (C=O) groups is 1. The molecule has 0 unspecified atom stereocenters. The third kappa shape index (κ3) is 3.27. The maximum absolute atomic E-state index is 12.9. The number of benzene rings is 1. The number of ether oxygens (including phenoxy) is 1. The molecule has 0 radical (unpaired) electrons. The lowest BCUT2D eigenvalue weighted by Crippen LogP contribution is -2.36. The fourth-order valence-corrected chi connectivity index (χ4v) is 3.31. The van der Waals surface area contributed by atoms with Gasteiger partial charge in [0.05, 0.1) is 12.6 Å². The quantitative estimate of drug-likeness (QED) is 0.680. The monoisotopic (exact) mass is 310 g/mol. The standard InChI is InChI=1S/C19H22N2O2/c1-3-13-12-20-8-6-14(13)10-19(22)16-7-9-21-18-5-4-15(23-2)11-17(16)18/h3-5,7,9,11,13-14,20H,1,6,8,10,12H2,2H3/t13-,14-/m0/s1. The van der Waals surface area contributed by atoms with E-state index in [0.29, 0.717) is 18.3 Å². The molecular formula is C19H22N2O2. The first-order chi connectivity index (χ1) is 11.2. The van der Waals surface area contributed by atoms with Crippen molar-refractivity contribution in [3.63, 3.8) is 0 Å². The highest BCUT2D eigenvalue weighted by Crippen LogP contribution is 2.28. The Morgan fingerprint density at radius 3 is 3.13 bits per heavy atom. The molecule has 1 aliphatic rings. The van der Waals surface area contributed by atoms with E-state index in [1.807, 2.05) is 30.3 Å². The maximum Gasteiger partial charge on any atom is 0.163 e. The van der Waals surface area contributed by atoms with E-state index in [-0.39, 0.29) is 5.78 Å². The van der Waals surface area contributed by atoms with E-state index in [2.05, 4.69) is 16.9 Å². The van der Waals surface area contributed by atoms with Gasteiger partial charge in [0, 0.05) is 30.1 Å². The van der Waals surface area contributed by atoms with Crippen LogP contribution in [0.2, 0.25) is 0 Å². The summed E-state index contributed by atoms with van der Waals surface area (Å²) in [6.07, 6.45) is 5.23. The second kappa shape index (κ2) is 6.92. The summed E-state index contributed by atoms with van der Waals surface area (Å²) in [6, 6.07) is 7.46. The van der Waals surface area contributed by atoms with Gasteiger partial charge >= 0.3 is 0 Å². The molecule has 0 bridgehead atoms. The fraction of sp³-hybridized carbons (Fsp3) is 0.368. The minimum Gasteiger partial charge on any atom is -0.497 e. The van der Waals surface area contributed by atoms with Crippen LogP contribution >= 0.6 is 0 Å². The molecule has 4 heteroatoms. The molecule has 1 saturated heterocycles. The third-order valence-electron chi connectivity index (χ3n) is 4.68. The molecule has 0 amide bonds. The van der Waals surface area contributed by atoms with Crippen molar-refractivity contribution in [2.75, 3.05) is 20.2 Å². The molecule has 2 aromatic rings. The number of piperidine rings is 1. The third-order valence-corrected chi connectivity index (χ3v) is 4.68. The van der Waals surface area contributed by atoms with Crippen molar-refractivity contribution in [1.82, 2.24) is 10.3 Å². The van der Waals surface area contributed by atoms with E-state index in [9.17, 15) is 4.79 Å². The molecular weight excluding hydrogens is 288 g/mol. The highest BCUT2D eigenvalue weighted by molar-refractivity contribution is 6.07. The zero-order chi connectivity index (χ0) is 16.2. The number of nitrogens with zero attached hydrogens (tertiary/aromatic N) is 1. The van der Waals surface area contributed by atoms with Crippen LogP contribution in [0.25, 0.3) is 10.9 Å². The Morgan fingerprint density at radius 1 is 1.48 bits per heavy atom. The van der Waals surface area contributed by atoms with Gasteiger partial charge in [-0.2, -0.15) is 0 Å². The predicted molar refractivity (Wildman–Crippen MR) is 91.9 cm³/mol. The number of hydrogen-bond acceptors (Lipinski definition) is 4. The normalized spacial score (nSPS) is 21.1. The molecule has 23 heavy (non-hydrogen) atoms. The molecule has 0 aliphatic carbocycles. The summed E-state index contributed by atoms with van der Waals surface area (Å²) in [5.41, 5.74) is 1.55. The van der Waals surface area contributed by atoms with Crippen molar-refractivity contribution < 1.29 is 9.53 Å². The minimum absolute atomic E-state index is 0.171. The van der Waals surface area contributed by atoms with Crippen molar-refractivity contribution in [3.8, 4) is 5.75 Å². The number of fused-ring (bicyclic) bond motifs is 1. The van der Waals surface area contributed by atoms with Crippen molar-refractivity contribution >= 4 is 16.7 Å². The topological polar surface area (TPSA) is 51.2 Å². The molecule has 1 aliphatic heterocycles. The first kappa shape index (κ1) is 15.7. The van der Waals surface area contributed by atoms with Crippen LogP contribution in [0.5, 0.6) is 5.75 Å². The van der Waals surface area contributed by atoms with Gasteiger partial charge < -0.3 is 10.1 Å². The van der Waals surface area contributed by atoms with Gasteiger partial charge in [-0.1, -0.05) is 6.08 Å². The lowest BCUT2D eigenvalue weighted by Gasteiger charge is -2.29. The molecule has 2 heterocycles. The SMILES string of the molecule is C=C[C@H]1CNCC[C@H]1CC(=O)c1ccnc2ccc(OC)cc12. The van der Waals surface area contributed by atoms with E-state index in [1.165, 1.54) is 0 Å². The molecule has 4 nitrogen and oxygen atoms in total. The van der Waals surface area contributed by atoms with Crippen molar-refractivity contribution in [3.05, 3.63) is 48.7 Å². The lowest BCUT2D eigenvalue weighted by molar-refractivity contribution is 0.0941. The zero-order valence-electron chi connectivity index (χ0n) is 13.4. The summed E-state index contributed by atoms with van der Waals surface area (Å²) >= 11 is 0. The molecule has 1 aromatic carbocycles. The number of carbonyl (C=O) groups excluding carboxylic acids is 1. The van der Waals surface area contributed by atoms with Crippen LogP contribution in [0.1, 0.15) is 23.2 Å². The van der Waals surface area contributed by atoms with Crippen molar-refractivity contribution in [2.45, 2.75) is 12.8 Å². The summed E-state index contributed by atoms with van der Waals surface area (Å²) in [5.74, 6) is 1.63. The number of hydrogen-bond donors (Lipinski definition) is 1. The first-order valence-electron chi connectivity index (χ1n) is 8.02. The number of rotatable bonds is 5. The maximum atomic E-state index is 12.9. The molecule has 1 fully saturated rings. The Morgan fingerprint density at radius 2 is 2.35 bits per heavy atom. The number of nitrogens with one attached hydrogen (secondary N) is 1. The molecule has 0 saturated carbocycles. The van der Waals surface area contributed by atoms with Crippen molar-refractivity contribution in [1.29, 1.82) is 0 Å². The molecule has 120 valence electrons. The van der Waals surface area contributed by atoms with Crippen LogP contribution in [0.15, 0.2) is 43.1 Å². The summed E-state index contributed by atoms with van der Waals surface area (Å²) in [6.45, 7) is 5.78. The summed E-state index contributed by atoms with van der Waals surface area (Å²) in [5, 5.41) is 4.23. The Bertz CT molecular complexity index is 726. The van der Waals surface area contributed by atoms with Crippen LogP contribution in [-0.2, 0) is 0 Å². The second-order valence-corrected chi connectivity index (χ2v) is 6.02. The molecule has 2 atom stereocenters. The largest absolute Gasteiger partial charge is 0.497 e. The summed E-state index contributed by atoms with van der Waals surface area (Å²) in [7, 11) is 1.63. The van der Waals surface area contributed by atoms with Crippen LogP contribution in [-0.4, -0.2) is 31.0 Å². The summed E-state index contributed by atoms with van der Waals surface area (Å²) in [4.78, 5) is 17.2. The number of aromatic nitrogens is 1. The van der Waals surface area contributed by atoms with Gasteiger partial charge in [0.2, 0.25) is 0 Å². The Labute approximate surface area is 136 Å². The van der Waals surface area contributed by atoms with Gasteiger partial charge in [0.15, 0.2) is 5.78 Å². The smallest absolute Gasteiger partial charge is 0.163 e. The second-order valence-electron chi connectivity index (χ2n) is 6.02. The minimum atomic E-state index is 0.171. The van der Waals surface area contributed by atoms with Crippen LogP contribution in [0, 0.1) is 11.8 Å². The van der Waals surface area contributed by atoms with Crippen LogP contribution in [0.3, 0.4) is 0 Å². The number of ketones is 1. The molecule has 0 spiro atoms. The van der Waals surface area contributed by atoms with Gasteiger partial charge in [-0.3, -0.25) is 9.78 Å². The lowest BCUT2D eigenvalue weighted by atomic mass is 9.82. The number of pyridine rings is 1. The Balaban J connectivity index is 1.89. The van der Waals surface area contributed by atoms with E-state index >= 15 is 0 Å². The van der Waals surface area contributed by atoms with Crippen LogP contribution < -0.4 is 10.1 Å². The van der Waals surface area contributed by atoms with Gasteiger partial charge in [-0.25, -0.2) is 0 Å². The van der Waals surface area contributed by atoms with Gasteiger partial charge in [-0.05, 0) is 49.1 Å². The van der Waals surface area contributed by atoms with Gasteiger partial charge in [-0.15, -0.1) is 6.58 Å². The first-order valence-corrected chi connectivity index (χ1v) is 8.02. The Kier molecular flexibility index (Phi) is 4.72. The van der Waals surface area contributed by atoms with Gasteiger partial charge in [0.1, 0.15) is 5.75 Å². The Hall–Kier alpha value is -2.20. The number of methoxy groups -OCH3 is 1. The van der Waals surface area contributed by atoms with Crippen molar-refractivity contribution in [2.24, 2.45) is 11.8 Å².